The maximum absolute atomic E-state index is 10.8. The van der Waals surface area contributed by atoms with Crippen LogP contribution < -0.4 is 9.47 Å². The minimum atomic E-state index is -0.777. The lowest BCUT2D eigenvalue weighted by Crippen LogP contribution is -2.18. The third-order valence-electron chi connectivity index (χ3n) is 7.51. The summed E-state index contributed by atoms with van der Waals surface area (Å²) in [5.74, 6) is 8.40. The quantitative estimate of drug-likeness (QED) is 0.313. The van der Waals surface area contributed by atoms with E-state index in [1.165, 1.54) is 46.6 Å². The second-order valence-corrected chi connectivity index (χ2v) is 12.3. The minimum absolute atomic E-state index is 0.141. The number of aryl methyl sites for hydroxylation is 3. The van der Waals surface area contributed by atoms with E-state index in [0.29, 0.717) is 29.4 Å². The van der Waals surface area contributed by atoms with E-state index in [0.717, 1.165) is 48.5 Å². The zero-order valence-corrected chi connectivity index (χ0v) is 22.2. The van der Waals surface area contributed by atoms with E-state index in [2.05, 4.69) is 42.3 Å². The average Bonchev–Trinajstić information content (AvgIpc) is 3.09. The molecule has 0 amide bonds. The van der Waals surface area contributed by atoms with Crippen molar-refractivity contribution in [2.45, 2.75) is 51.6 Å². The van der Waals surface area contributed by atoms with Crippen LogP contribution in [0.1, 0.15) is 47.9 Å². The van der Waals surface area contributed by atoms with Crippen LogP contribution in [0.4, 0.5) is 0 Å². The van der Waals surface area contributed by atoms with Crippen LogP contribution >= 0.6 is 10.5 Å². The van der Waals surface area contributed by atoms with Crippen molar-refractivity contribution >= 4 is 22.3 Å². The molecule has 0 radical (unpaired) electrons. The van der Waals surface area contributed by atoms with Crippen molar-refractivity contribution in [3.05, 3.63) is 82.9 Å². The molecule has 4 nitrogen and oxygen atoms in total. The van der Waals surface area contributed by atoms with Crippen LogP contribution in [-0.4, -0.2) is 35.1 Å². The van der Waals surface area contributed by atoms with Crippen molar-refractivity contribution in [2.75, 3.05) is 18.1 Å². The highest BCUT2D eigenvalue weighted by Gasteiger charge is 2.18. The summed E-state index contributed by atoms with van der Waals surface area (Å²) < 4.78 is 12.3. The summed E-state index contributed by atoms with van der Waals surface area (Å²) in [6, 6.07) is 21.1. The Morgan fingerprint density at radius 1 is 0.865 bits per heavy atom. The lowest BCUT2D eigenvalue weighted by molar-refractivity contribution is -0.136. The Hall–Kier alpha value is -3.05. The van der Waals surface area contributed by atoms with Crippen LogP contribution in [0.15, 0.2) is 60.7 Å². The highest BCUT2D eigenvalue weighted by molar-refractivity contribution is 8.14. The number of carboxylic acid groups (broad SMARTS) is 1. The second kappa shape index (κ2) is 12.0. The molecule has 0 atom stereocenters. The fourth-order valence-electron chi connectivity index (χ4n) is 5.24. The fourth-order valence-corrected chi connectivity index (χ4v) is 6.78. The maximum Gasteiger partial charge on any atom is 0.303 e. The van der Waals surface area contributed by atoms with E-state index in [1.807, 2.05) is 24.3 Å². The van der Waals surface area contributed by atoms with Crippen molar-refractivity contribution in [2.24, 2.45) is 5.92 Å². The molecule has 37 heavy (non-hydrogen) atoms. The molecule has 1 N–H and O–H groups in total. The van der Waals surface area contributed by atoms with Gasteiger partial charge in [-0.25, -0.2) is 0 Å². The van der Waals surface area contributed by atoms with Crippen LogP contribution in [0.25, 0.3) is 11.1 Å². The molecule has 5 rings (SSSR count). The largest absolute Gasteiger partial charge is 0.493 e. The summed E-state index contributed by atoms with van der Waals surface area (Å²) >= 11 is 0. The van der Waals surface area contributed by atoms with Gasteiger partial charge in [0.2, 0.25) is 0 Å². The molecule has 2 aliphatic rings. The normalized spacial score (nSPS) is 18.8. The molecule has 3 aromatic rings. The highest BCUT2D eigenvalue weighted by atomic mass is 32.2. The number of hydrogen-bond donors (Lipinski definition) is 1. The Kier molecular flexibility index (Phi) is 8.30. The molecule has 1 saturated heterocycles. The van der Waals surface area contributed by atoms with E-state index < -0.39 is 5.97 Å². The maximum atomic E-state index is 10.8. The first-order chi connectivity index (χ1) is 18.0. The summed E-state index contributed by atoms with van der Waals surface area (Å²) in [5.41, 5.74) is 7.52. The van der Waals surface area contributed by atoms with Crippen LogP contribution in [0.3, 0.4) is 0 Å². The molecule has 1 aliphatic carbocycles. The SMILES string of the molecule is C=S1CCC(COc2ccc3c(c2)CCCc2ccc(COc4ccc(CCC(=O)O)cc4)cc2-3)CC1. The Morgan fingerprint density at radius 2 is 1.59 bits per heavy atom. The predicted octanol–water partition coefficient (Wildman–Crippen LogP) is 6.93. The third-order valence-corrected chi connectivity index (χ3v) is 9.13. The molecule has 0 aromatic heterocycles. The van der Waals surface area contributed by atoms with E-state index in [9.17, 15) is 4.79 Å². The number of aliphatic carboxylic acids is 1. The van der Waals surface area contributed by atoms with Gasteiger partial charge in [0.25, 0.3) is 0 Å². The van der Waals surface area contributed by atoms with Crippen molar-refractivity contribution in [1.29, 1.82) is 0 Å². The van der Waals surface area contributed by atoms with Gasteiger partial charge in [0.05, 0.1) is 6.61 Å². The molecule has 5 heteroatoms. The van der Waals surface area contributed by atoms with Crippen LogP contribution in [0.2, 0.25) is 0 Å². The molecule has 0 saturated carbocycles. The highest BCUT2D eigenvalue weighted by Crippen LogP contribution is 2.36. The van der Waals surface area contributed by atoms with Gasteiger partial charge in [-0.3, -0.25) is 4.79 Å². The standard InChI is InChI=1S/C32H36O4S/c1-37-17-15-24(16-18-37)21-36-29-12-13-30-27(20-29)4-2-3-26-9-5-25(19-31(26)30)22-35-28-10-6-23(7-11-28)8-14-32(33)34/h5-7,9-13,19-20,24H,1-4,8,14-18,21-22H2,(H,33,34). The summed E-state index contributed by atoms with van der Waals surface area (Å²) in [5, 5.41) is 8.86. The topological polar surface area (TPSA) is 55.8 Å². The number of fused-ring (bicyclic) bond motifs is 3. The number of hydrogen-bond acceptors (Lipinski definition) is 3. The Labute approximate surface area is 222 Å². The summed E-state index contributed by atoms with van der Waals surface area (Å²) in [4.78, 5) is 10.8. The molecule has 0 bridgehead atoms. The molecule has 1 aliphatic heterocycles. The van der Waals surface area contributed by atoms with Crippen molar-refractivity contribution in [3.8, 4) is 22.6 Å². The van der Waals surface area contributed by atoms with Crippen LogP contribution in [-0.2, 0) is 30.7 Å². The molecule has 0 unspecified atom stereocenters. The van der Waals surface area contributed by atoms with Crippen LogP contribution in [0.5, 0.6) is 11.5 Å². The van der Waals surface area contributed by atoms with Gasteiger partial charge in [-0.15, -0.1) is 0 Å². The van der Waals surface area contributed by atoms with Crippen molar-refractivity contribution in [3.63, 3.8) is 0 Å². The van der Waals surface area contributed by atoms with E-state index >= 15 is 0 Å². The number of rotatable bonds is 9. The predicted molar refractivity (Wildman–Crippen MR) is 153 cm³/mol. The number of carboxylic acids is 1. The summed E-state index contributed by atoms with van der Waals surface area (Å²) in [6.45, 7) is 1.31. The summed E-state index contributed by atoms with van der Waals surface area (Å²) in [6.07, 6.45) is 6.44. The van der Waals surface area contributed by atoms with Gasteiger partial charge in [-0.05, 0) is 120 Å². The van der Waals surface area contributed by atoms with Crippen LogP contribution in [0, 0.1) is 5.92 Å². The second-order valence-electron chi connectivity index (χ2n) is 10.3. The zero-order chi connectivity index (χ0) is 25.6. The van der Waals surface area contributed by atoms with Gasteiger partial charge < -0.3 is 14.6 Å². The molecule has 0 spiro atoms. The summed E-state index contributed by atoms with van der Waals surface area (Å²) in [7, 11) is 0.366. The van der Waals surface area contributed by atoms with Gasteiger partial charge in [0.15, 0.2) is 0 Å². The molecule has 1 fully saturated rings. The fraction of sp³-hybridized carbons (Fsp3) is 0.375. The molecular weight excluding hydrogens is 480 g/mol. The zero-order valence-electron chi connectivity index (χ0n) is 21.4. The Morgan fingerprint density at radius 3 is 2.38 bits per heavy atom. The lowest BCUT2D eigenvalue weighted by atomic mass is 9.95. The third kappa shape index (κ3) is 6.84. The molecular formula is C32H36O4S. The molecule has 194 valence electrons. The van der Waals surface area contributed by atoms with Gasteiger partial charge in [0, 0.05) is 6.42 Å². The molecule has 1 heterocycles. The molecule has 3 aromatic carbocycles. The van der Waals surface area contributed by atoms with Gasteiger partial charge in [-0.2, -0.15) is 10.5 Å². The first-order valence-corrected chi connectivity index (χ1v) is 15.1. The van der Waals surface area contributed by atoms with E-state index in [4.69, 9.17) is 14.6 Å². The monoisotopic (exact) mass is 516 g/mol. The number of benzene rings is 3. The average molecular weight is 517 g/mol. The van der Waals surface area contributed by atoms with Crippen molar-refractivity contribution in [1.82, 2.24) is 0 Å². The van der Waals surface area contributed by atoms with E-state index in [-0.39, 0.29) is 6.42 Å². The first-order valence-electron chi connectivity index (χ1n) is 13.3. The smallest absolute Gasteiger partial charge is 0.303 e. The number of carbonyl (C=O) groups is 1. The van der Waals surface area contributed by atoms with Crippen molar-refractivity contribution < 1.29 is 19.4 Å². The number of ether oxygens (including phenoxy) is 2. The van der Waals surface area contributed by atoms with Gasteiger partial charge in [-0.1, -0.05) is 36.2 Å². The Bertz CT molecular complexity index is 1250. The minimum Gasteiger partial charge on any atom is -0.493 e. The first kappa shape index (κ1) is 25.6. The van der Waals surface area contributed by atoms with E-state index in [1.54, 1.807) is 0 Å². The van der Waals surface area contributed by atoms with Gasteiger partial charge >= 0.3 is 5.97 Å². The van der Waals surface area contributed by atoms with Gasteiger partial charge in [0.1, 0.15) is 18.1 Å². The Balaban J connectivity index is 1.24. The lowest BCUT2D eigenvalue weighted by Gasteiger charge is -2.24.